The van der Waals surface area contributed by atoms with Crippen molar-refractivity contribution in [2.45, 2.75) is 19.3 Å². The maximum atomic E-state index is 10.8. The van der Waals surface area contributed by atoms with Crippen molar-refractivity contribution >= 4 is 5.97 Å². The molecule has 0 radical (unpaired) electrons. The van der Waals surface area contributed by atoms with E-state index in [1.165, 1.54) is 5.56 Å². The molecule has 0 bridgehead atoms. The predicted octanol–water partition coefficient (Wildman–Crippen LogP) is 2.57. The fourth-order valence-electron chi connectivity index (χ4n) is 2.25. The average Bonchev–Trinajstić information content (AvgIpc) is 3.00. The third-order valence-electron chi connectivity index (χ3n) is 3.38. The normalized spacial score (nSPS) is 21.8. The number of imidazole rings is 1. The van der Waals surface area contributed by atoms with Crippen LogP contribution in [0.15, 0.2) is 30.5 Å². The number of nitrogens with zero attached hydrogens (tertiary/aromatic N) is 1. The first-order chi connectivity index (χ1) is 8.65. The molecule has 2 aromatic rings. The zero-order chi connectivity index (χ0) is 12.7. The monoisotopic (exact) mass is 242 g/mol. The molecule has 2 unspecified atom stereocenters. The molecule has 1 aromatic carbocycles. The largest absolute Gasteiger partial charge is 0.481 e. The van der Waals surface area contributed by atoms with Gasteiger partial charge in [0, 0.05) is 5.92 Å². The number of aromatic nitrogens is 2. The second-order valence-corrected chi connectivity index (χ2v) is 4.84. The van der Waals surface area contributed by atoms with Gasteiger partial charge in [-0.25, -0.2) is 4.98 Å². The molecule has 0 aliphatic heterocycles. The number of aryl methyl sites for hydroxylation is 1. The van der Waals surface area contributed by atoms with Crippen molar-refractivity contribution in [2.24, 2.45) is 5.92 Å². The van der Waals surface area contributed by atoms with Gasteiger partial charge in [-0.2, -0.15) is 0 Å². The number of aromatic amines is 1. The third kappa shape index (κ3) is 1.90. The molecular formula is C14H14N2O2. The predicted molar refractivity (Wildman–Crippen MR) is 67.2 cm³/mol. The molecule has 1 aromatic heterocycles. The molecule has 3 rings (SSSR count). The van der Waals surface area contributed by atoms with Crippen LogP contribution >= 0.6 is 0 Å². The first-order valence-electron chi connectivity index (χ1n) is 6.00. The summed E-state index contributed by atoms with van der Waals surface area (Å²) in [6, 6.07) is 8.15. The summed E-state index contributed by atoms with van der Waals surface area (Å²) in [5.41, 5.74) is 3.23. The molecule has 2 N–H and O–H groups in total. The molecular weight excluding hydrogens is 228 g/mol. The van der Waals surface area contributed by atoms with Crippen molar-refractivity contribution in [1.82, 2.24) is 9.97 Å². The first-order valence-corrected chi connectivity index (χ1v) is 6.00. The fraction of sp³-hybridized carbons (Fsp3) is 0.286. The number of carboxylic acids is 1. The molecule has 2 atom stereocenters. The van der Waals surface area contributed by atoms with Crippen LogP contribution in [0.5, 0.6) is 0 Å². The van der Waals surface area contributed by atoms with Crippen LogP contribution in [0.1, 0.15) is 23.7 Å². The van der Waals surface area contributed by atoms with Gasteiger partial charge in [0.25, 0.3) is 0 Å². The Morgan fingerprint density at radius 1 is 1.50 bits per heavy atom. The van der Waals surface area contributed by atoms with E-state index in [0.717, 1.165) is 17.1 Å². The lowest BCUT2D eigenvalue weighted by Gasteiger charge is -1.98. The summed E-state index contributed by atoms with van der Waals surface area (Å²) in [5, 5.41) is 8.90. The molecule has 4 heteroatoms. The summed E-state index contributed by atoms with van der Waals surface area (Å²) in [6.45, 7) is 2.04. The van der Waals surface area contributed by atoms with Crippen molar-refractivity contribution in [3.8, 4) is 11.3 Å². The second kappa shape index (κ2) is 3.98. The van der Waals surface area contributed by atoms with E-state index < -0.39 is 5.97 Å². The van der Waals surface area contributed by atoms with Gasteiger partial charge in [0.15, 0.2) is 0 Å². The Labute approximate surface area is 105 Å². The van der Waals surface area contributed by atoms with Crippen molar-refractivity contribution < 1.29 is 9.90 Å². The number of hydrogen-bond donors (Lipinski definition) is 2. The molecule has 1 fully saturated rings. The summed E-state index contributed by atoms with van der Waals surface area (Å²) in [4.78, 5) is 18.4. The number of benzene rings is 1. The van der Waals surface area contributed by atoms with Crippen LogP contribution in [0, 0.1) is 12.8 Å². The molecule has 4 nitrogen and oxygen atoms in total. The van der Waals surface area contributed by atoms with E-state index in [0.29, 0.717) is 6.42 Å². The lowest BCUT2D eigenvalue weighted by atomic mass is 10.1. The highest BCUT2D eigenvalue weighted by molar-refractivity contribution is 5.75. The summed E-state index contributed by atoms with van der Waals surface area (Å²) < 4.78 is 0. The van der Waals surface area contributed by atoms with Gasteiger partial charge >= 0.3 is 5.97 Å². The molecule has 0 spiro atoms. The van der Waals surface area contributed by atoms with Crippen molar-refractivity contribution in [3.63, 3.8) is 0 Å². The second-order valence-electron chi connectivity index (χ2n) is 4.84. The Kier molecular flexibility index (Phi) is 2.44. The van der Waals surface area contributed by atoms with Crippen molar-refractivity contribution in [2.75, 3.05) is 0 Å². The van der Waals surface area contributed by atoms with Crippen LogP contribution in [0.4, 0.5) is 0 Å². The van der Waals surface area contributed by atoms with E-state index in [4.69, 9.17) is 5.11 Å². The molecule has 0 amide bonds. The topological polar surface area (TPSA) is 66.0 Å². The maximum absolute atomic E-state index is 10.8. The van der Waals surface area contributed by atoms with Gasteiger partial charge in [0.05, 0.1) is 17.8 Å². The summed E-state index contributed by atoms with van der Waals surface area (Å²) in [7, 11) is 0. The zero-order valence-corrected chi connectivity index (χ0v) is 10.1. The van der Waals surface area contributed by atoms with Crippen molar-refractivity contribution in [3.05, 3.63) is 41.9 Å². The number of carbonyl (C=O) groups is 1. The summed E-state index contributed by atoms with van der Waals surface area (Å²) >= 11 is 0. The van der Waals surface area contributed by atoms with E-state index in [9.17, 15) is 4.79 Å². The van der Waals surface area contributed by atoms with Crippen LogP contribution < -0.4 is 0 Å². The minimum Gasteiger partial charge on any atom is -0.481 e. The van der Waals surface area contributed by atoms with Crippen LogP contribution in [-0.2, 0) is 4.79 Å². The number of H-pyrrole nitrogens is 1. The van der Waals surface area contributed by atoms with Gasteiger partial charge in [0.1, 0.15) is 5.82 Å². The lowest BCUT2D eigenvalue weighted by molar-refractivity contribution is -0.138. The first kappa shape index (κ1) is 11.0. The Balaban J connectivity index is 1.84. The highest BCUT2D eigenvalue weighted by Gasteiger charge is 2.46. The molecule has 0 saturated heterocycles. The number of nitrogens with one attached hydrogen (secondary N) is 1. The van der Waals surface area contributed by atoms with Crippen LogP contribution in [0.25, 0.3) is 11.3 Å². The number of hydrogen-bond acceptors (Lipinski definition) is 2. The van der Waals surface area contributed by atoms with Gasteiger partial charge < -0.3 is 10.1 Å². The Morgan fingerprint density at radius 3 is 3.00 bits per heavy atom. The van der Waals surface area contributed by atoms with Crippen LogP contribution in [0.3, 0.4) is 0 Å². The van der Waals surface area contributed by atoms with Gasteiger partial charge in [-0.3, -0.25) is 4.79 Å². The van der Waals surface area contributed by atoms with Gasteiger partial charge in [-0.15, -0.1) is 0 Å². The van der Waals surface area contributed by atoms with Crippen molar-refractivity contribution in [1.29, 1.82) is 0 Å². The molecule has 1 heterocycles. The highest BCUT2D eigenvalue weighted by atomic mass is 16.4. The number of rotatable bonds is 3. The zero-order valence-electron chi connectivity index (χ0n) is 10.1. The van der Waals surface area contributed by atoms with E-state index in [1.807, 2.05) is 25.1 Å². The van der Waals surface area contributed by atoms with E-state index in [-0.39, 0.29) is 11.8 Å². The Morgan fingerprint density at radius 2 is 2.33 bits per heavy atom. The third-order valence-corrected chi connectivity index (χ3v) is 3.38. The van der Waals surface area contributed by atoms with E-state index in [2.05, 4.69) is 16.0 Å². The smallest absolute Gasteiger partial charge is 0.307 e. The minimum atomic E-state index is -0.728. The standard InChI is InChI=1S/C14H14N2O2/c1-8-3-2-4-9(5-8)12-7-15-13(16-12)10-6-11(10)14(17)18/h2-5,7,10-11H,6H2,1H3,(H,15,16)(H,17,18). The molecule has 1 aliphatic rings. The van der Waals surface area contributed by atoms with Crippen LogP contribution in [-0.4, -0.2) is 21.0 Å². The maximum Gasteiger partial charge on any atom is 0.307 e. The van der Waals surface area contributed by atoms with Gasteiger partial charge in [-0.05, 0) is 25.0 Å². The molecule has 1 aliphatic carbocycles. The average molecular weight is 242 g/mol. The van der Waals surface area contributed by atoms with Gasteiger partial charge in [-0.1, -0.05) is 23.8 Å². The fourth-order valence-corrected chi connectivity index (χ4v) is 2.25. The quantitative estimate of drug-likeness (QED) is 0.869. The highest BCUT2D eigenvalue weighted by Crippen LogP contribution is 2.46. The Bertz CT molecular complexity index is 603. The Hall–Kier alpha value is -2.10. The minimum absolute atomic E-state index is 0.0565. The lowest BCUT2D eigenvalue weighted by Crippen LogP contribution is -1.99. The summed E-state index contributed by atoms with van der Waals surface area (Å²) in [6.07, 6.45) is 2.47. The van der Waals surface area contributed by atoms with E-state index in [1.54, 1.807) is 6.20 Å². The number of carboxylic acid groups (broad SMARTS) is 1. The van der Waals surface area contributed by atoms with E-state index >= 15 is 0 Å². The van der Waals surface area contributed by atoms with Crippen LogP contribution in [0.2, 0.25) is 0 Å². The summed E-state index contributed by atoms with van der Waals surface area (Å²) in [5.74, 6) is -0.144. The molecule has 92 valence electrons. The SMILES string of the molecule is Cc1cccc(-c2cnc(C3CC3C(=O)O)[nH]2)c1. The van der Waals surface area contributed by atoms with Gasteiger partial charge in [0.2, 0.25) is 0 Å². The molecule has 18 heavy (non-hydrogen) atoms. The molecule has 1 saturated carbocycles. The number of aliphatic carboxylic acids is 1.